The fourth-order valence-corrected chi connectivity index (χ4v) is 12.6. The lowest BCUT2D eigenvalue weighted by atomic mass is 9.77. The normalized spacial score (nSPS) is 40.0. The van der Waals surface area contributed by atoms with Gasteiger partial charge in [-0.3, -0.25) is 14.3 Å². The van der Waals surface area contributed by atoms with Gasteiger partial charge in [-0.2, -0.15) is 4.98 Å². The summed E-state index contributed by atoms with van der Waals surface area (Å²) in [6.45, 7) is 10.2. The van der Waals surface area contributed by atoms with Crippen molar-refractivity contribution >= 4 is 46.0 Å². The van der Waals surface area contributed by atoms with Gasteiger partial charge in [0.25, 0.3) is 5.56 Å². The number of H-pyrrole nitrogens is 1. The highest BCUT2D eigenvalue weighted by molar-refractivity contribution is 8.68. The lowest BCUT2D eigenvalue weighted by molar-refractivity contribution is -0.0224. The second kappa shape index (κ2) is 8.67. The Morgan fingerprint density at radius 2 is 2.35 bits per heavy atom. The van der Waals surface area contributed by atoms with Gasteiger partial charge in [0.05, 0.1) is 18.5 Å². The van der Waals surface area contributed by atoms with Gasteiger partial charge in [-0.25, -0.2) is 9.37 Å². The third kappa shape index (κ3) is 4.06. The van der Waals surface area contributed by atoms with E-state index in [2.05, 4.69) is 28.5 Å². The van der Waals surface area contributed by atoms with Gasteiger partial charge in [-0.15, -0.1) is 0 Å². The maximum Gasteiger partial charge on any atom is 0.280 e. The Morgan fingerprint density at radius 3 is 3.06 bits per heavy atom. The van der Waals surface area contributed by atoms with Crippen LogP contribution in [0.5, 0.6) is 0 Å². The Balaban J connectivity index is 1.39. The van der Waals surface area contributed by atoms with E-state index in [-0.39, 0.29) is 28.0 Å². The van der Waals surface area contributed by atoms with Crippen LogP contribution in [-0.4, -0.2) is 48.7 Å². The molecule has 1 saturated carbocycles. The standard InChI is InChI=1S/C21H29FN5O4PS2/c1-5-12-16(31-32(33)30-13-8-11(10(2)3)6-7-21(13,4)34-32)14(22)19(29-12)27-9-24-15-17(27)25-20(23)26-18(15)28/h9,11-14,16,19H,2,5-8H2,1,3-4H3,(H3,23,25,26,28)/t11-,12+,13+,14+,16+,19+,21+,32-/m0/s1. The molecule has 1 aliphatic carbocycles. The predicted octanol–water partition coefficient (Wildman–Crippen LogP) is 4.22. The lowest BCUT2D eigenvalue weighted by Gasteiger charge is -2.37. The minimum atomic E-state index is -2.82. The molecule has 5 rings (SSSR count). The number of imidazole rings is 1. The number of rotatable bonds is 5. The third-order valence-electron chi connectivity index (χ3n) is 7.09. The third-order valence-corrected chi connectivity index (χ3v) is 12.8. The second-order valence-electron chi connectivity index (χ2n) is 9.53. The molecule has 0 bridgehead atoms. The molecule has 2 saturated heterocycles. The molecule has 34 heavy (non-hydrogen) atoms. The van der Waals surface area contributed by atoms with Crippen LogP contribution in [0, 0.1) is 5.92 Å². The highest BCUT2D eigenvalue weighted by atomic mass is 32.9. The number of alkyl halides is 1. The van der Waals surface area contributed by atoms with E-state index in [1.165, 1.54) is 10.9 Å². The number of hydrogen-bond donors (Lipinski definition) is 2. The minimum absolute atomic E-state index is 0.0495. The number of anilines is 1. The van der Waals surface area contributed by atoms with E-state index in [9.17, 15) is 4.79 Å². The number of nitrogens with zero attached hydrogens (tertiary/aromatic N) is 3. The van der Waals surface area contributed by atoms with E-state index >= 15 is 4.39 Å². The zero-order valence-electron chi connectivity index (χ0n) is 19.3. The molecule has 13 heteroatoms. The predicted molar refractivity (Wildman–Crippen MR) is 134 cm³/mol. The van der Waals surface area contributed by atoms with Crippen LogP contribution in [0.4, 0.5) is 10.3 Å². The Bertz CT molecular complexity index is 1240. The monoisotopic (exact) mass is 529 g/mol. The van der Waals surface area contributed by atoms with Gasteiger partial charge in [0.2, 0.25) is 11.6 Å². The quantitative estimate of drug-likeness (QED) is 0.434. The molecular formula is C21H29FN5O4PS2. The lowest BCUT2D eigenvalue weighted by Crippen LogP contribution is -2.39. The molecule has 9 nitrogen and oxygen atoms in total. The van der Waals surface area contributed by atoms with Crippen molar-refractivity contribution in [3.63, 3.8) is 0 Å². The van der Waals surface area contributed by atoms with Crippen molar-refractivity contribution in [2.24, 2.45) is 5.92 Å². The molecule has 4 heterocycles. The van der Waals surface area contributed by atoms with E-state index < -0.39 is 35.9 Å². The number of nitrogen functional groups attached to an aromatic ring is 1. The van der Waals surface area contributed by atoms with Crippen LogP contribution in [-0.2, 0) is 25.6 Å². The number of nitrogens with two attached hydrogens (primary N) is 1. The van der Waals surface area contributed by atoms with Gasteiger partial charge < -0.3 is 19.5 Å². The summed E-state index contributed by atoms with van der Waals surface area (Å²) in [6, 6.07) is 0. The smallest absolute Gasteiger partial charge is 0.280 e. The first-order valence-corrected chi connectivity index (χ1v) is 15.4. The summed E-state index contributed by atoms with van der Waals surface area (Å²) in [5, 5.41) is 0. The molecule has 0 unspecified atom stereocenters. The molecule has 0 spiro atoms. The number of ether oxygens (including phenoxy) is 1. The number of aromatic amines is 1. The topological polar surface area (TPSA) is 117 Å². The molecular weight excluding hydrogens is 500 g/mol. The molecule has 2 aromatic heterocycles. The summed E-state index contributed by atoms with van der Waals surface area (Å²) in [5.41, 5.74) is 3.75. The van der Waals surface area contributed by atoms with Crippen LogP contribution < -0.4 is 11.3 Å². The van der Waals surface area contributed by atoms with Gasteiger partial charge in [0, 0.05) is 4.75 Å². The van der Waals surface area contributed by atoms with Gasteiger partial charge in [-0.05, 0) is 57.3 Å². The zero-order chi connectivity index (χ0) is 24.4. The van der Waals surface area contributed by atoms with Crippen molar-refractivity contribution < 1.29 is 18.2 Å². The summed E-state index contributed by atoms with van der Waals surface area (Å²) >= 11 is 7.45. The Hall–Kier alpha value is -1.30. The van der Waals surface area contributed by atoms with E-state index in [1.54, 1.807) is 11.4 Å². The molecule has 2 aliphatic heterocycles. The Morgan fingerprint density at radius 1 is 1.59 bits per heavy atom. The van der Waals surface area contributed by atoms with Crippen LogP contribution >= 0.6 is 17.1 Å². The number of aromatic nitrogens is 4. The van der Waals surface area contributed by atoms with E-state index in [0.29, 0.717) is 12.3 Å². The number of halogens is 1. The van der Waals surface area contributed by atoms with E-state index in [4.69, 9.17) is 31.3 Å². The highest BCUT2D eigenvalue weighted by Crippen LogP contribution is 2.76. The molecule has 0 radical (unpaired) electrons. The molecule has 0 amide bonds. The van der Waals surface area contributed by atoms with Crippen LogP contribution in [0.2, 0.25) is 0 Å². The maximum atomic E-state index is 15.9. The number of fused-ring (bicyclic) bond motifs is 2. The second-order valence-corrected chi connectivity index (χ2v) is 16.1. The largest absolute Gasteiger partial charge is 0.369 e. The van der Waals surface area contributed by atoms with Gasteiger partial charge in [0.15, 0.2) is 23.6 Å². The van der Waals surface area contributed by atoms with Crippen LogP contribution in [0.3, 0.4) is 0 Å². The molecule has 186 valence electrons. The van der Waals surface area contributed by atoms with E-state index in [1.807, 2.05) is 13.8 Å². The first-order chi connectivity index (χ1) is 16.0. The van der Waals surface area contributed by atoms with Crippen molar-refractivity contribution in [3.8, 4) is 0 Å². The fraction of sp³-hybridized carbons (Fsp3) is 0.667. The summed E-state index contributed by atoms with van der Waals surface area (Å²) in [5.74, 6) is 0.317. The van der Waals surface area contributed by atoms with Crippen molar-refractivity contribution in [1.82, 2.24) is 19.5 Å². The Labute approximate surface area is 205 Å². The van der Waals surface area contributed by atoms with Crippen molar-refractivity contribution in [2.75, 3.05) is 5.73 Å². The van der Waals surface area contributed by atoms with Gasteiger partial charge in [0.1, 0.15) is 6.10 Å². The molecule has 2 aromatic rings. The van der Waals surface area contributed by atoms with Crippen molar-refractivity contribution in [3.05, 3.63) is 28.8 Å². The van der Waals surface area contributed by atoms with Crippen molar-refractivity contribution in [2.45, 2.75) is 81.9 Å². The average Bonchev–Trinajstić information content (AvgIpc) is 3.39. The number of nitrogens with one attached hydrogen (secondary N) is 1. The van der Waals surface area contributed by atoms with Crippen molar-refractivity contribution in [1.29, 1.82) is 0 Å². The zero-order valence-corrected chi connectivity index (χ0v) is 21.8. The van der Waals surface area contributed by atoms with Crippen LogP contribution in [0.25, 0.3) is 11.2 Å². The fourth-order valence-electron chi connectivity index (χ4n) is 5.08. The SMILES string of the molecule is C=C(C)[C@H]1CC[C@@]2(C)S[P@](=S)(O[C@H]3[C@@H](F)[C@H](n4cnc5c(=O)[nH]c(N)nc54)O[C@@H]3CC)O[C@@H]2C1. The minimum Gasteiger partial charge on any atom is -0.369 e. The molecule has 3 fully saturated rings. The maximum absolute atomic E-state index is 15.9. The van der Waals surface area contributed by atoms with Gasteiger partial charge in [-0.1, -0.05) is 30.5 Å². The number of allylic oxidation sites excluding steroid dienone is 1. The average molecular weight is 530 g/mol. The number of hydrogen-bond acceptors (Lipinski definition) is 9. The Kier molecular flexibility index (Phi) is 6.22. The molecule has 3 aliphatic rings. The summed E-state index contributed by atoms with van der Waals surface area (Å²) in [4.78, 5) is 22.7. The molecule has 0 aromatic carbocycles. The van der Waals surface area contributed by atoms with Crippen LogP contribution in [0.15, 0.2) is 23.3 Å². The molecule has 8 atom stereocenters. The first-order valence-electron chi connectivity index (χ1n) is 11.4. The van der Waals surface area contributed by atoms with E-state index in [0.717, 1.165) is 24.8 Å². The summed E-state index contributed by atoms with van der Waals surface area (Å²) in [6.07, 6.45) is 0.550. The summed E-state index contributed by atoms with van der Waals surface area (Å²) in [7, 11) is 0. The first kappa shape index (κ1) is 24.4. The summed E-state index contributed by atoms with van der Waals surface area (Å²) < 4.78 is 35.9. The highest BCUT2D eigenvalue weighted by Gasteiger charge is 2.56. The molecule has 3 N–H and O–H groups in total. The van der Waals surface area contributed by atoms with Gasteiger partial charge >= 0.3 is 0 Å². The van der Waals surface area contributed by atoms with Crippen LogP contribution in [0.1, 0.15) is 52.7 Å².